The molecular formula is C25H27NO5. The van der Waals surface area contributed by atoms with Crippen LogP contribution in [0.1, 0.15) is 18.4 Å². The van der Waals surface area contributed by atoms with Gasteiger partial charge in [0.05, 0.1) is 38.1 Å². The standard InChI is InChI=1S/C25H27NO5/c1-28-18-7-3-16(4-8-18)22-14-30-25-20(24(22)27)11-12-23-21(25)13-26(15-31-23)17-5-9-19(29-2)10-6-17/h3-10,14,20-21,23,25H,11-13,15H2,1-2H3. The van der Waals surface area contributed by atoms with E-state index >= 15 is 0 Å². The first-order chi connectivity index (χ1) is 15.2. The van der Waals surface area contributed by atoms with Gasteiger partial charge in [0, 0.05) is 18.2 Å². The van der Waals surface area contributed by atoms with Gasteiger partial charge in [-0.25, -0.2) is 0 Å². The molecule has 0 aromatic heterocycles. The highest BCUT2D eigenvalue weighted by Crippen LogP contribution is 2.42. The summed E-state index contributed by atoms with van der Waals surface area (Å²) in [5.74, 6) is 1.77. The van der Waals surface area contributed by atoms with E-state index in [1.165, 1.54) is 0 Å². The van der Waals surface area contributed by atoms with Gasteiger partial charge >= 0.3 is 0 Å². The van der Waals surface area contributed by atoms with E-state index in [9.17, 15) is 4.79 Å². The van der Waals surface area contributed by atoms with Gasteiger partial charge < -0.3 is 23.8 Å². The Morgan fingerprint density at radius 3 is 2.29 bits per heavy atom. The SMILES string of the molecule is COc1ccc(C2=COC3C(CCC4OCN(c5ccc(OC)cc5)CC43)C2=O)cc1. The molecule has 2 heterocycles. The van der Waals surface area contributed by atoms with E-state index in [2.05, 4.69) is 4.90 Å². The maximum Gasteiger partial charge on any atom is 0.173 e. The Bertz CT molecular complexity index is 968. The van der Waals surface area contributed by atoms with Crippen LogP contribution in [-0.2, 0) is 14.3 Å². The lowest BCUT2D eigenvalue weighted by Gasteiger charge is -2.48. The minimum absolute atomic E-state index is 0.125. The van der Waals surface area contributed by atoms with Gasteiger partial charge in [0.2, 0.25) is 0 Å². The zero-order chi connectivity index (χ0) is 21.4. The van der Waals surface area contributed by atoms with Crippen LogP contribution < -0.4 is 14.4 Å². The maximum absolute atomic E-state index is 13.4. The molecule has 0 bridgehead atoms. The summed E-state index contributed by atoms with van der Waals surface area (Å²) in [6.45, 7) is 1.35. The van der Waals surface area contributed by atoms with E-state index in [1.54, 1.807) is 20.5 Å². The second-order valence-electron chi connectivity index (χ2n) is 8.33. The van der Waals surface area contributed by atoms with Gasteiger partial charge in [-0.15, -0.1) is 0 Å². The third kappa shape index (κ3) is 3.65. The molecule has 1 saturated heterocycles. The van der Waals surface area contributed by atoms with E-state index in [-0.39, 0.29) is 29.8 Å². The lowest BCUT2D eigenvalue weighted by Crippen LogP contribution is -2.56. The number of hydrogen-bond acceptors (Lipinski definition) is 6. The zero-order valence-corrected chi connectivity index (χ0v) is 17.8. The Balaban J connectivity index is 1.35. The van der Waals surface area contributed by atoms with Gasteiger partial charge in [0.1, 0.15) is 24.3 Å². The summed E-state index contributed by atoms with van der Waals surface area (Å²) < 4.78 is 22.9. The lowest BCUT2D eigenvalue weighted by atomic mass is 9.71. The molecule has 0 radical (unpaired) electrons. The van der Waals surface area contributed by atoms with E-state index in [1.807, 2.05) is 48.5 Å². The number of benzene rings is 2. The summed E-state index contributed by atoms with van der Waals surface area (Å²) in [5.41, 5.74) is 2.59. The van der Waals surface area contributed by atoms with E-state index < -0.39 is 0 Å². The second-order valence-corrected chi connectivity index (χ2v) is 8.33. The first kappa shape index (κ1) is 19.9. The number of hydrogen-bond donors (Lipinski definition) is 0. The van der Waals surface area contributed by atoms with E-state index in [0.29, 0.717) is 12.3 Å². The maximum atomic E-state index is 13.4. The number of Topliss-reactive ketones (excluding diaryl/α,β-unsaturated/α-hetero) is 1. The monoisotopic (exact) mass is 421 g/mol. The van der Waals surface area contributed by atoms with Gasteiger partial charge in [-0.3, -0.25) is 4.79 Å². The average Bonchev–Trinajstić information content (AvgIpc) is 2.84. The molecule has 2 aliphatic heterocycles. The highest BCUT2D eigenvalue weighted by molar-refractivity contribution is 6.22. The van der Waals surface area contributed by atoms with Crippen LogP contribution in [0.5, 0.6) is 11.5 Å². The number of methoxy groups -OCH3 is 2. The van der Waals surface area contributed by atoms with Gasteiger partial charge in [0.15, 0.2) is 5.78 Å². The molecule has 1 saturated carbocycles. The number of ketones is 1. The Morgan fingerprint density at radius 2 is 1.61 bits per heavy atom. The van der Waals surface area contributed by atoms with Crippen molar-refractivity contribution >= 4 is 17.0 Å². The zero-order valence-electron chi connectivity index (χ0n) is 17.8. The molecule has 4 unspecified atom stereocenters. The molecule has 2 aromatic rings. The fourth-order valence-corrected chi connectivity index (χ4v) is 4.99. The third-order valence-corrected chi connectivity index (χ3v) is 6.72. The van der Waals surface area contributed by atoms with Crippen molar-refractivity contribution < 1.29 is 23.7 Å². The first-order valence-electron chi connectivity index (χ1n) is 10.7. The molecule has 0 spiro atoms. The minimum atomic E-state index is -0.158. The van der Waals surface area contributed by atoms with Gasteiger partial charge in [-0.1, -0.05) is 12.1 Å². The van der Waals surface area contributed by atoms with Gasteiger partial charge in [-0.2, -0.15) is 0 Å². The summed E-state index contributed by atoms with van der Waals surface area (Å²) in [4.78, 5) is 15.6. The van der Waals surface area contributed by atoms with Crippen LogP contribution in [0, 0.1) is 11.8 Å². The Kier molecular flexibility index (Phi) is 5.32. The van der Waals surface area contributed by atoms with Crippen molar-refractivity contribution in [3.8, 4) is 11.5 Å². The summed E-state index contributed by atoms with van der Waals surface area (Å²) in [6.07, 6.45) is 3.29. The normalized spacial score (nSPS) is 27.5. The fraction of sp³-hybridized carbons (Fsp3) is 0.400. The fourth-order valence-electron chi connectivity index (χ4n) is 4.99. The minimum Gasteiger partial charge on any atom is -0.497 e. The Morgan fingerprint density at radius 1 is 0.935 bits per heavy atom. The molecule has 3 aliphatic rings. The molecule has 0 amide bonds. The van der Waals surface area contributed by atoms with Crippen LogP contribution >= 0.6 is 0 Å². The predicted molar refractivity (Wildman–Crippen MR) is 117 cm³/mol. The molecule has 31 heavy (non-hydrogen) atoms. The molecular weight excluding hydrogens is 394 g/mol. The molecule has 1 aliphatic carbocycles. The highest BCUT2D eigenvalue weighted by atomic mass is 16.5. The molecule has 5 rings (SSSR count). The molecule has 162 valence electrons. The molecule has 4 atom stereocenters. The number of nitrogens with zero attached hydrogens (tertiary/aromatic N) is 1. The van der Waals surface area contributed by atoms with E-state index in [0.717, 1.165) is 42.1 Å². The second kappa shape index (κ2) is 8.27. The Labute approximate surface area is 182 Å². The number of fused-ring (bicyclic) bond motifs is 3. The average molecular weight is 421 g/mol. The van der Waals surface area contributed by atoms with Crippen molar-refractivity contribution in [1.29, 1.82) is 0 Å². The van der Waals surface area contributed by atoms with Crippen molar-refractivity contribution in [2.45, 2.75) is 25.0 Å². The predicted octanol–water partition coefficient (Wildman–Crippen LogP) is 3.90. The third-order valence-electron chi connectivity index (χ3n) is 6.72. The van der Waals surface area contributed by atoms with Crippen LogP contribution in [-0.4, -0.2) is 45.5 Å². The summed E-state index contributed by atoms with van der Waals surface area (Å²) >= 11 is 0. The molecule has 2 aromatic carbocycles. The Hall–Kier alpha value is -2.99. The van der Waals surface area contributed by atoms with Crippen molar-refractivity contribution in [3.63, 3.8) is 0 Å². The molecule has 6 nitrogen and oxygen atoms in total. The number of anilines is 1. The highest BCUT2D eigenvalue weighted by Gasteiger charge is 2.49. The number of rotatable bonds is 4. The van der Waals surface area contributed by atoms with Gasteiger partial charge in [-0.05, 0) is 54.8 Å². The van der Waals surface area contributed by atoms with Crippen molar-refractivity contribution in [2.75, 3.05) is 32.4 Å². The van der Waals surface area contributed by atoms with Crippen molar-refractivity contribution in [1.82, 2.24) is 0 Å². The topological polar surface area (TPSA) is 57.2 Å². The number of ether oxygens (including phenoxy) is 4. The van der Waals surface area contributed by atoms with Crippen LogP contribution in [0.15, 0.2) is 54.8 Å². The summed E-state index contributed by atoms with van der Waals surface area (Å²) in [5, 5.41) is 0. The molecule has 6 heteroatoms. The summed E-state index contributed by atoms with van der Waals surface area (Å²) in [7, 11) is 3.30. The number of carbonyl (C=O) groups excluding carboxylic acids is 1. The van der Waals surface area contributed by atoms with E-state index in [4.69, 9.17) is 18.9 Å². The molecule has 0 N–H and O–H groups in total. The van der Waals surface area contributed by atoms with Gasteiger partial charge in [0.25, 0.3) is 0 Å². The first-order valence-corrected chi connectivity index (χ1v) is 10.7. The van der Waals surface area contributed by atoms with Crippen LogP contribution in [0.4, 0.5) is 5.69 Å². The van der Waals surface area contributed by atoms with Crippen molar-refractivity contribution in [3.05, 3.63) is 60.4 Å². The van der Waals surface area contributed by atoms with Crippen LogP contribution in [0.2, 0.25) is 0 Å². The molecule has 2 fully saturated rings. The number of carbonyl (C=O) groups is 1. The quantitative estimate of drug-likeness (QED) is 0.746. The largest absolute Gasteiger partial charge is 0.497 e. The summed E-state index contributed by atoms with van der Waals surface area (Å²) in [6, 6.07) is 15.5. The van der Waals surface area contributed by atoms with Crippen LogP contribution in [0.3, 0.4) is 0 Å². The lowest BCUT2D eigenvalue weighted by molar-refractivity contribution is -0.140. The number of allylic oxidation sites excluding steroid dienone is 1. The van der Waals surface area contributed by atoms with Crippen LogP contribution in [0.25, 0.3) is 5.57 Å². The van der Waals surface area contributed by atoms with Crippen molar-refractivity contribution in [2.24, 2.45) is 11.8 Å². The smallest absolute Gasteiger partial charge is 0.173 e.